The number of benzene rings is 1. The molecule has 0 atom stereocenters. The van der Waals surface area contributed by atoms with E-state index in [4.69, 9.17) is 10.00 Å². The summed E-state index contributed by atoms with van der Waals surface area (Å²) in [5.74, 6) is 1.97. The van der Waals surface area contributed by atoms with Crippen molar-refractivity contribution in [1.82, 2.24) is 19.7 Å². The molecule has 2 heterocycles. The number of methoxy groups -OCH3 is 1. The maximum absolute atomic E-state index is 8.93. The summed E-state index contributed by atoms with van der Waals surface area (Å²) in [5, 5.41) is 13.4. The van der Waals surface area contributed by atoms with Crippen molar-refractivity contribution in [3.05, 3.63) is 53.6 Å². The van der Waals surface area contributed by atoms with E-state index in [9.17, 15) is 0 Å². The number of nitriles is 1. The fraction of sp³-hybridized carbons (Fsp3) is 0.176. The second kappa shape index (κ2) is 5.89. The molecular formula is C17H15N5O. The number of rotatable bonds is 3. The summed E-state index contributed by atoms with van der Waals surface area (Å²) >= 11 is 0. The molecule has 0 unspecified atom stereocenters. The van der Waals surface area contributed by atoms with Gasteiger partial charge >= 0.3 is 0 Å². The normalized spacial score (nSPS) is 10.3. The van der Waals surface area contributed by atoms with E-state index in [1.165, 1.54) is 0 Å². The minimum absolute atomic E-state index is 0.601. The molecule has 0 saturated heterocycles. The van der Waals surface area contributed by atoms with Gasteiger partial charge in [-0.25, -0.2) is 9.67 Å². The zero-order valence-electron chi connectivity index (χ0n) is 13.1. The van der Waals surface area contributed by atoms with Crippen LogP contribution < -0.4 is 4.74 Å². The summed E-state index contributed by atoms with van der Waals surface area (Å²) in [6.45, 7) is 3.75. The van der Waals surface area contributed by atoms with Crippen molar-refractivity contribution in [3.8, 4) is 28.9 Å². The number of pyridine rings is 1. The van der Waals surface area contributed by atoms with E-state index < -0.39 is 0 Å². The van der Waals surface area contributed by atoms with E-state index in [1.54, 1.807) is 30.1 Å². The quantitative estimate of drug-likeness (QED) is 0.743. The van der Waals surface area contributed by atoms with Crippen LogP contribution in [0.2, 0.25) is 0 Å². The molecule has 114 valence electrons. The summed E-state index contributed by atoms with van der Waals surface area (Å²) in [4.78, 5) is 8.78. The van der Waals surface area contributed by atoms with Gasteiger partial charge in [-0.15, -0.1) is 0 Å². The number of hydrogen-bond donors (Lipinski definition) is 0. The van der Waals surface area contributed by atoms with Crippen LogP contribution in [0.1, 0.15) is 17.1 Å². The van der Waals surface area contributed by atoms with E-state index in [-0.39, 0.29) is 0 Å². The fourth-order valence-electron chi connectivity index (χ4n) is 2.33. The van der Waals surface area contributed by atoms with Crippen molar-refractivity contribution >= 4 is 0 Å². The SMILES string of the molecule is COc1cnc(C)cc1-c1nc(C)nn1-c1ccc(C#N)cc1. The van der Waals surface area contributed by atoms with E-state index in [1.807, 2.05) is 32.0 Å². The number of aromatic nitrogens is 4. The Morgan fingerprint density at radius 2 is 1.91 bits per heavy atom. The van der Waals surface area contributed by atoms with Crippen molar-refractivity contribution in [1.29, 1.82) is 5.26 Å². The van der Waals surface area contributed by atoms with Gasteiger partial charge in [0.2, 0.25) is 0 Å². The van der Waals surface area contributed by atoms with Crippen LogP contribution in [0.3, 0.4) is 0 Å². The Bertz CT molecular complexity index is 890. The molecule has 3 rings (SSSR count). The number of ether oxygens (including phenoxy) is 1. The number of nitrogens with zero attached hydrogens (tertiary/aromatic N) is 5. The van der Waals surface area contributed by atoms with Crippen LogP contribution in [0, 0.1) is 25.2 Å². The van der Waals surface area contributed by atoms with Gasteiger partial charge in [-0.3, -0.25) is 4.98 Å². The van der Waals surface area contributed by atoms with E-state index in [0.717, 1.165) is 16.9 Å². The van der Waals surface area contributed by atoms with Crippen molar-refractivity contribution in [2.45, 2.75) is 13.8 Å². The van der Waals surface area contributed by atoms with Crippen molar-refractivity contribution in [2.75, 3.05) is 7.11 Å². The van der Waals surface area contributed by atoms with Gasteiger partial charge in [0, 0.05) is 5.69 Å². The molecule has 0 fully saturated rings. The van der Waals surface area contributed by atoms with Crippen LogP contribution in [0.15, 0.2) is 36.5 Å². The van der Waals surface area contributed by atoms with Gasteiger partial charge in [0.15, 0.2) is 5.82 Å². The van der Waals surface area contributed by atoms with Gasteiger partial charge < -0.3 is 4.74 Å². The van der Waals surface area contributed by atoms with Crippen molar-refractivity contribution < 1.29 is 4.74 Å². The first kappa shape index (κ1) is 14.7. The molecule has 0 aliphatic heterocycles. The largest absolute Gasteiger partial charge is 0.494 e. The first-order chi connectivity index (χ1) is 11.1. The minimum Gasteiger partial charge on any atom is -0.494 e. The summed E-state index contributed by atoms with van der Waals surface area (Å²) in [5.41, 5.74) is 3.12. The van der Waals surface area contributed by atoms with Crippen LogP contribution in [0.25, 0.3) is 17.1 Å². The molecule has 1 aromatic carbocycles. The summed E-state index contributed by atoms with van der Waals surface area (Å²) < 4.78 is 7.15. The molecule has 0 saturated carbocycles. The Hall–Kier alpha value is -3.20. The lowest BCUT2D eigenvalue weighted by atomic mass is 10.2. The molecule has 6 nitrogen and oxygen atoms in total. The van der Waals surface area contributed by atoms with Gasteiger partial charge in [-0.05, 0) is 44.2 Å². The lowest BCUT2D eigenvalue weighted by Crippen LogP contribution is -2.02. The van der Waals surface area contributed by atoms with Gasteiger partial charge in [-0.2, -0.15) is 10.4 Å². The predicted molar refractivity (Wildman–Crippen MR) is 85.3 cm³/mol. The highest BCUT2D eigenvalue weighted by Gasteiger charge is 2.16. The van der Waals surface area contributed by atoms with Gasteiger partial charge in [0.25, 0.3) is 0 Å². The van der Waals surface area contributed by atoms with Gasteiger partial charge in [0.05, 0.1) is 36.2 Å². The number of aryl methyl sites for hydroxylation is 2. The number of hydrogen-bond acceptors (Lipinski definition) is 5. The van der Waals surface area contributed by atoms with Crippen LogP contribution >= 0.6 is 0 Å². The van der Waals surface area contributed by atoms with E-state index in [2.05, 4.69) is 21.1 Å². The highest BCUT2D eigenvalue weighted by molar-refractivity contribution is 5.66. The third-order valence-electron chi connectivity index (χ3n) is 3.42. The topological polar surface area (TPSA) is 76.6 Å². The highest BCUT2D eigenvalue weighted by Crippen LogP contribution is 2.30. The maximum Gasteiger partial charge on any atom is 0.167 e. The molecule has 0 aliphatic carbocycles. The Labute approximate surface area is 134 Å². The molecule has 0 bridgehead atoms. The summed E-state index contributed by atoms with van der Waals surface area (Å²) in [7, 11) is 1.60. The predicted octanol–water partition coefficient (Wildman–Crippen LogP) is 2.83. The van der Waals surface area contributed by atoms with Crippen molar-refractivity contribution in [3.63, 3.8) is 0 Å². The molecule has 0 radical (unpaired) electrons. The second-order valence-corrected chi connectivity index (χ2v) is 5.08. The molecule has 0 aliphatic rings. The average molecular weight is 305 g/mol. The average Bonchev–Trinajstić information content (AvgIpc) is 2.96. The Balaban J connectivity index is 2.18. The lowest BCUT2D eigenvalue weighted by molar-refractivity contribution is 0.414. The first-order valence-electron chi connectivity index (χ1n) is 7.07. The van der Waals surface area contributed by atoms with Crippen LogP contribution in [-0.2, 0) is 0 Å². The minimum atomic E-state index is 0.601. The molecule has 3 aromatic rings. The summed E-state index contributed by atoms with van der Waals surface area (Å²) in [6, 6.07) is 11.2. The molecule has 6 heteroatoms. The van der Waals surface area contributed by atoms with Crippen molar-refractivity contribution in [2.24, 2.45) is 0 Å². The Morgan fingerprint density at radius 3 is 2.57 bits per heavy atom. The molecule has 0 N–H and O–H groups in total. The zero-order chi connectivity index (χ0) is 16.4. The molecule has 23 heavy (non-hydrogen) atoms. The van der Waals surface area contributed by atoms with Crippen LogP contribution in [-0.4, -0.2) is 26.9 Å². The smallest absolute Gasteiger partial charge is 0.167 e. The standard InChI is InChI=1S/C17H15N5O/c1-11-8-15(16(23-3)10-19-11)17-20-12(2)21-22(17)14-6-4-13(9-18)5-7-14/h4-8,10H,1-3H3. The molecule has 2 aromatic heterocycles. The highest BCUT2D eigenvalue weighted by atomic mass is 16.5. The molecule has 0 amide bonds. The first-order valence-corrected chi connectivity index (χ1v) is 7.07. The third-order valence-corrected chi connectivity index (χ3v) is 3.42. The molecule has 0 spiro atoms. The summed E-state index contributed by atoms with van der Waals surface area (Å²) in [6.07, 6.45) is 1.68. The monoisotopic (exact) mass is 305 g/mol. The lowest BCUT2D eigenvalue weighted by Gasteiger charge is -2.10. The Kier molecular flexibility index (Phi) is 3.77. The van der Waals surface area contributed by atoms with Crippen LogP contribution in [0.4, 0.5) is 0 Å². The maximum atomic E-state index is 8.93. The van der Waals surface area contributed by atoms with Gasteiger partial charge in [0.1, 0.15) is 11.6 Å². The third kappa shape index (κ3) is 2.77. The van der Waals surface area contributed by atoms with Crippen LogP contribution in [0.5, 0.6) is 5.75 Å². The van der Waals surface area contributed by atoms with E-state index >= 15 is 0 Å². The molecular weight excluding hydrogens is 290 g/mol. The Morgan fingerprint density at radius 1 is 1.17 bits per heavy atom. The fourth-order valence-corrected chi connectivity index (χ4v) is 2.33. The van der Waals surface area contributed by atoms with E-state index in [0.29, 0.717) is 23.0 Å². The van der Waals surface area contributed by atoms with Gasteiger partial charge in [-0.1, -0.05) is 0 Å². The zero-order valence-corrected chi connectivity index (χ0v) is 13.1. The second-order valence-electron chi connectivity index (χ2n) is 5.08.